The number of alkyl halides is 1. The van der Waals surface area contributed by atoms with Gasteiger partial charge in [0.1, 0.15) is 5.82 Å². The van der Waals surface area contributed by atoms with Gasteiger partial charge in [-0.3, -0.25) is 10.1 Å². The third-order valence-corrected chi connectivity index (χ3v) is 1.62. The molecule has 0 saturated carbocycles. The van der Waals surface area contributed by atoms with Crippen molar-refractivity contribution >= 4 is 17.3 Å². The molecule has 1 aromatic rings. The first-order valence-corrected chi connectivity index (χ1v) is 3.67. The van der Waals surface area contributed by atoms with Gasteiger partial charge in [0.25, 0.3) is 5.69 Å². The Morgan fingerprint density at radius 3 is 2.67 bits per heavy atom. The Morgan fingerprint density at radius 2 is 2.17 bits per heavy atom. The van der Waals surface area contributed by atoms with Gasteiger partial charge in [-0.05, 0) is 11.6 Å². The third kappa shape index (κ3) is 1.92. The number of nitro benzene ring substituents is 1. The maximum atomic E-state index is 12.6. The number of halogens is 2. The van der Waals surface area contributed by atoms with E-state index in [1.165, 1.54) is 12.1 Å². The summed E-state index contributed by atoms with van der Waals surface area (Å²) in [7, 11) is 0. The molecule has 12 heavy (non-hydrogen) atoms. The summed E-state index contributed by atoms with van der Waals surface area (Å²) >= 11 is 5.39. The number of hydrogen-bond acceptors (Lipinski definition) is 2. The lowest BCUT2D eigenvalue weighted by Gasteiger charge is -1.95. The highest BCUT2D eigenvalue weighted by atomic mass is 35.5. The number of nitro groups is 1. The molecule has 0 bridgehead atoms. The minimum atomic E-state index is -0.654. The minimum Gasteiger partial charge on any atom is -0.258 e. The van der Waals surface area contributed by atoms with Crippen LogP contribution in [0.4, 0.5) is 10.1 Å². The molecular formula is C7H5ClFNO2. The molecule has 0 aliphatic rings. The van der Waals surface area contributed by atoms with E-state index in [0.717, 1.165) is 6.07 Å². The van der Waals surface area contributed by atoms with Gasteiger partial charge < -0.3 is 0 Å². The summed E-state index contributed by atoms with van der Waals surface area (Å²) in [4.78, 5) is 9.56. The average Bonchev–Trinajstić information content (AvgIpc) is 2.03. The van der Waals surface area contributed by atoms with E-state index in [-0.39, 0.29) is 11.6 Å². The molecule has 64 valence electrons. The van der Waals surface area contributed by atoms with Crippen molar-refractivity contribution < 1.29 is 9.31 Å². The van der Waals surface area contributed by atoms with Crippen LogP contribution in [-0.4, -0.2) is 4.92 Å². The highest BCUT2D eigenvalue weighted by Crippen LogP contribution is 2.17. The van der Waals surface area contributed by atoms with Crippen LogP contribution in [0, 0.1) is 15.9 Å². The van der Waals surface area contributed by atoms with Crippen molar-refractivity contribution in [3.63, 3.8) is 0 Å². The van der Waals surface area contributed by atoms with Crippen LogP contribution in [0.15, 0.2) is 18.2 Å². The van der Waals surface area contributed by atoms with Gasteiger partial charge in [0.15, 0.2) is 0 Å². The van der Waals surface area contributed by atoms with Crippen molar-refractivity contribution in [1.29, 1.82) is 0 Å². The first-order valence-electron chi connectivity index (χ1n) is 3.13. The molecule has 0 aliphatic carbocycles. The SMILES string of the molecule is O=[N+]([O-])c1cc(F)cc(CCl)c1. The van der Waals surface area contributed by atoms with Gasteiger partial charge in [0, 0.05) is 11.9 Å². The van der Waals surface area contributed by atoms with Crippen molar-refractivity contribution in [3.05, 3.63) is 39.7 Å². The normalized spacial score (nSPS) is 9.83. The van der Waals surface area contributed by atoms with Crippen molar-refractivity contribution in [2.75, 3.05) is 0 Å². The first kappa shape index (κ1) is 8.93. The second kappa shape index (κ2) is 3.49. The van der Waals surface area contributed by atoms with Crippen LogP contribution in [0.5, 0.6) is 0 Å². The minimum absolute atomic E-state index is 0.0681. The first-order chi connectivity index (χ1) is 5.63. The Bertz CT molecular complexity index is 316. The van der Waals surface area contributed by atoms with E-state index in [1.54, 1.807) is 0 Å². The smallest absolute Gasteiger partial charge is 0.258 e. The zero-order chi connectivity index (χ0) is 9.14. The Morgan fingerprint density at radius 1 is 1.50 bits per heavy atom. The molecule has 1 rings (SSSR count). The third-order valence-electron chi connectivity index (χ3n) is 1.31. The summed E-state index contributed by atoms with van der Waals surface area (Å²) in [6, 6.07) is 3.27. The van der Waals surface area contributed by atoms with Crippen LogP contribution >= 0.6 is 11.6 Å². The van der Waals surface area contributed by atoms with Crippen LogP contribution in [0.3, 0.4) is 0 Å². The van der Waals surface area contributed by atoms with E-state index in [1.807, 2.05) is 0 Å². The standard InChI is InChI=1S/C7H5ClFNO2/c8-4-5-1-6(9)3-7(2-5)10(11)12/h1-3H,4H2. The van der Waals surface area contributed by atoms with Gasteiger partial charge in [-0.15, -0.1) is 11.6 Å². The van der Waals surface area contributed by atoms with Gasteiger partial charge >= 0.3 is 0 Å². The molecular weight excluding hydrogens is 185 g/mol. The highest BCUT2D eigenvalue weighted by molar-refractivity contribution is 6.17. The summed E-state index contributed by atoms with van der Waals surface area (Å²) < 4.78 is 12.6. The van der Waals surface area contributed by atoms with Crippen LogP contribution < -0.4 is 0 Å². The summed E-state index contributed by atoms with van der Waals surface area (Å²) in [6.07, 6.45) is 0. The Balaban J connectivity index is 3.15. The van der Waals surface area contributed by atoms with Crippen molar-refractivity contribution in [2.45, 2.75) is 5.88 Å². The Kier molecular flexibility index (Phi) is 2.60. The van der Waals surface area contributed by atoms with E-state index in [0.29, 0.717) is 5.56 Å². The summed E-state index contributed by atoms with van der Waals surface area (Å²) in [5, 5.41) is 10.2. The van der Waals surface area contributed by atoms with E-state index in [4.69, 9.17) is 11.6 Å². The summed E-state index contributed by atoms with van der Waals surface area (Å²) in [5.74, 6) is -0.571. The number of benzene rings is 1. The monoisotopic (exact) mass is 189 g/mol. The fraction of sp³-hybridized carbons (Fsp3) is 0.143. The highest BCUT2D eigenvalue weighted by Gasteiger charge is 2.08. The Hall–Kier alpha value is -1.16. The molecule has 0 unspecified atom stereocenters. The molecule has 0 N–H and O–H groups in total. The molecule has 0 atom stereocenters. The number of rotatable bonds is 2. The number of hydrogen-bond donors (Lipinski definition) is 0. The summed E-state index contributed by atoms with van der Waals surface area (Å²) in [6.45, 7) is 0. The quantitative estimate of drug-likeness (QED) is 0.408. The predicted molar refractivity (Wildman–Crippen MR) is 42.6 cm³/mol. The zero-order valence-electron chi connectivity index (χ0n) is 5.96. The lowest BCUT2D eigenvalue weighted by atomic mass is 10.2. The van der Waals surface area contributed by atoms with Crippen molar-refractivity contribution in [3.8, 4) is 0 Å². The zero-order valence-corrected chi connectivity index (χ0v) is 6.71. The molecule has 0 aliphatic heterocycles. The largest absolute Gasteiger partial charge is 0.272 e. The van der Waals surface area contributed by atoms with Gasteiger partial charge in [-0.2, -0.15) is 0 Å². The van der Waals surface area contributed by atoms with Crippen LogP contribution in [0.2, 0.25) is 0 Å². The molecule has 0 radical (unpaired) electrons. The van der Waals surface area contributed by atoms with E-state index >= 15 is 0 Å². The number of non-ortho nitro benzene ring substituents is 1. The lowest BCUT2D eigenvalue weighted by molar-refractivity contribution is -0.385. The van der Waals surface area contributed by atoms with Crippen LogP contribution in [0.25, 0.3) is 0 Å². The fourth-order valence-electron chi connectivity index (χ4n) is 0.816. The van der Waals surface area contributed by atoms with E-state index in [2.05, 4.69) is 0 Å². The molecule has 3 nitrogen and oxygen atoms in total. The fourth-order valence-corrected chi connectivity index (χ4v) is 0.970. The lowest BCUT2D eigenvalue weighted by Crippen LogP contribution is -1.91. The molecule has 0 aromatic heterocycles. The second-order valence-corrected chi connectivity index (χ2v) is 2.48. The molecule has 5 heteroatoms. The topological polar surface area (TPSA) is 43.1 Å². The van der Waals surface area contributed by atoms with Gasteiger partial charge in [-0.1, -0.05) is 0 Å². The van der Waals surface area contributed by atoms with E-state index in [9.17, 15) is 14.5 Å². The molecule has 0 heterocycles. The average molecular weight is 190 g/mol. The second-order valence-electron chi connectivity index (χ2n) is 2.21. The molecule has 0 amide bonds. The molecule has 0 saturated heterocycles. The van der Waals surface area contributed by atoms with Crippen molar-refractivity contribution in [1.82, 2.24) is 0 Å². The van der Waals surface area contributed by atoms with Gasteiger partial charge in [-0.25, -0.2) is 4.39 Å². The molecule has 1 aromatic carbocycles. The maximum absolute atomic E-state index is 12.6. The van der Waals surface area contributed by atoms with E-state index < -0.39 is 10.7 Å². The molecule has 0 fully saturated rings. The van der Waals surface area contributed by atoms with Crippen molar-refractivity contribution in [2.24, 2.45) is 0 Å². The number of nitrogens with zero attached hydrogens (tertiary/aromatic N) is 1. The maximum Gasteiger partial charge on any atom is 0.272 e. The van der Waals surface area contributed by atoms with Gasteiger partial charge in [0.05, 0.1) is 11.0 Å². The summed E-state index contributed by atoms with van der Waals surface area (Å²) in [5.41, 5.74) is 0.133. The van der Waals surface area contributed by atoms with Gasteiger partial charge in [0.2, 0.25) is 0 Å². The molecule has 0 spiro atoms. The predicted octanol–water partition coefficient (Wildman–Crippen LogP) is 2.47. The van der Waals surface area contributed by atoms with Crippen LogP contribution in [-0.2, 0) is 5.88 Å². The Labute approximate surface area is 72.9 Å². The van der Waals surface area contributed by atoms with Crippen LogP contribution in [0.1, 0.15) is 5.56 Å².